The molecule has 0 radical (unpaired) electrons. The Labute approximate surface area is 111 Å². The lowest BCUT2D eigenvalue weighted by Crippen LogP contribution is -2.34. The number of hydrogen-bond acceptors (Lipinski definition) is 4. The Balaban J connectivity index is 2.34. The summed E-state index contributed by atoms with van der Waals surface area (Å²) in [5.41, 5.74) is 1.01. The molecule has 19 heavy (non-hydrogen) atoms. The maximum absolute atomic E-state index is 12.1. The van der Waals surface area contributed by atoms with Gasteiger partial charge in [0.25, 0.3) is 0 Å². The number of rotatable bonds is 2. The summed E-state index contributed by atoms with van der Waals surface area (Å²) in [5.74, 6) is 0. The van der Waals surface area contributed by atoms with E-state index in [0.717, 1.165) is 10.2 Å². The Kier molecular flexibility index (Phi) is 2.56. The molecule has 3 rings (SSSR count). The van der Waals surface area contributed by atoms with Gasteiger partial charge in [0.1, 0.15) is 5.52 Å². The van der Waals surface area contributed by atoms with E-state index in [4.69, 9.17) is 0 Å². The highest BCUT2D eigenvalue weighted by Crippen LogP contribution is 2.22. The lowest BCUT2D eigenvalue weighted by Gasteiger charge is -1.91. The normalized spacial score (nSPS) is 11.1. The third-order valence-corrected chi connectivity index (χ3v) is 4.24. The van der Waals surface area contributed by atoms with Crippen LogP contribution in [0, 0.1) is 11.8 Å². The van der Waals surface area contributed by atoms with Crippen molar-refractivity contribution in [3.8, 4) is 5.13 Å². The van der Waals surface area contributed by atoms with Crippen LogP contribution in [0.2, 0.25) is 0 Å². The van der Waals surface area contributed by atoms with E-state index in [0.29, 0.717) is 10.8 Å². The molecule has 0 saturated heterocycles. The van der Waals surface area contributed by atoms with Crippen molar-refractivity contribution in [3.63, 3.8) is 0 Å². The molecule has 0 unspecified atom stereocenters. The molecule has 0 saturated carbocycles. The standard InChI is InChI=1S/C12H10N4O2S/c1-7-10(14-18)11(17)16(13-7)12-15(2)8-5-3-4-6-9(8)19-12/h3-6H,1-2H3/p+1. The molecule has 0 spiro atoms. The predicted molar refractivity (Wildman–Crippen MR) is 73.1 cm³/mol. The second-order valence-electron chi connectivity index (χ2n) is 4.23. The van der Waals surface area contributed by atoms with Crippen molar-refractivity contribution in [2.45, 2.75) is 6.92 Å². The van der Waals surface area contributed by atoms with Crippen LogP contribution in [-0.2, 0) is 7.05 Å². The molecule has 2 aromatic heterocycles. The third kappa shape index (κ3) is 1.62. The molecule has 3 aromatic rings. The quantitative estimate of drug-likeness (QED) is 0.573. The van der Waals surface area contributed by atoms with Crippen LogP contribution in [-0.4, -0.2) is 9.78 Å². The van der Waals surface area contributed by atoms with E-state index in [1.54, 1.807) is 6.92 Å². The molecule has 1 N–H and O–H groups in total. The first kappa shape index (κ1) is 11.8. The monoisotopic (exact) mass is 275 g/mol. The number of aromatic amines is 1. The number of hydrogen-bond donors (Lipinski definition) is 1. The molecule has 0 aliphatic rings. The first-order valence-corrected chi connectivity index (χ1v) is 6.48. The summed E-state index contributed by atoms with van der Waals surface area (Å²) in [6, 6.07) is 7.86. The number of fused-ring (bicyclic) bond motifs is 1. The number of nitrogens with one attached hydrogen (secondary N) is 1. The molecule has 96 valence electrons. The van der Waals surface area contributed by atoms with Crippen molar-refractivity contribution in [1.82, 2.24) is 9.78 Å². The van der Waals surface area contributed by atoms with Crippen LogP contribution >= 0.6 is 11.3 Å². The summed E-state index contributed by atoms with van der Waals surface area (Å²) in [4.78, 5) is 22.7. The Morgan fingerprint density at radius 1 is 1.37 bits per heavy atom. The van der Waals surface area contributed by atoms with Gasteiger partial charge in [0.2, 0.25) is 5.69 Å². The smallest absolute Gasteiger partial charge is 0.236 e. The third-order valence-electron chi connectivity index (χ3n) is 3.04. The van der Waals surface area contributed by atoms with Crippen molar-refractivity contribution in [1.29, 1.82) is 0 Å². The van der Waals surface area contributed by atoms with Gasteiger partial charge in [-0.15, -0.1) is 4.91 Å². The molecule has 0 aliphatic carbocycles. The number of H-pyrrole nitrogens is 1. The topological polar surface area (TPSA) is 71.1 Å². The highest BCUT2D eigenvalue weighted by atomic mass is 32.1. The first-order chi connectivity index (χ1) is 9.13. The Bertz CT molecular complexity index is 843. The lowest BCUT2D eigenvalue weighted by molar-refractivity contribution is -0.635. The van der Waals surface area contributed by atoms with Gasteiger partial charge in [-0.05, 0) is 35.6 Å². The second kappa shape index (κ2) is 4.13. The minimum absolute atomic E-state index is 0.0718. The van der Waals surface area contributed by atoms with Crippen LogP contribution < -0.4 is 10.1 Å². The van der Waals surface area contributed by atoms with Gasteiger partial charge in [0.15, 0.2) is 0 Å². The SMILES string of the molecule is Cc1[nH]n(-c2sc3ccccc3[n+]2C)c(=O)c1N=O. The van der Waals surface area contributed by atoms with E-state index >= 15 is 0 Å². The molecular formula is C12H11N4O2S+. The summed E-state index contributed by atoms with van der Waals surface area (Å²) in [5, 5.41) is 6.37. The number of para-hydroxylation sites is 1. The van der Waals surface area contributed by atoms with Crippen molar-refractivity contribution < 1.29 is 4.57 Å². The lowest BCUT2D eigenvalue weighted by atomic mass is 10.3. The summed E-state index contributed by atoms with van der Waals surface area (Å²) in [6.45, 7) is 1.65. The molecule has 0 atom stereocenters. The number of aromatic nitrogens is 3. The second-order valence-corrected chi connectivity index (χ2v) is 5.24. The van der Waals surface area contributed by atoms with Crippen LogP contribution in [0.4, 0.5) is 5.69 Å². The van der Waals surface area contributed by atoms with Gasteiger partial charge in [-0.25, -0.2) is 14.5 Å². The Hall–Kier alpha value is -2.28. The van der Waals surface area contributed by atoms with Gasteiger partial charge in [0.05, 0.1) is 17.4 Å². The van der Waals surface area contributed by atoms with Crippen LogP contribution in [0.3, 0.4) is 0 Å². The van der Waals surface area contributed by atoms with Gasteiger partial charge in [-0.1, -0.05) is 16.8 Å². The largest absolute Gasteiger partial charge is 0.389 e. The number of benzene rings is 1. The first-order valence-electron chi connectivity index (χ1n) is 5.66. The van der Waals surface area contributed by atoms with Crippen molar-refractivity contribution in [2.24, 2.45) is 12.2 Å². The van der Waals surface area contributed by atoms with Gasteiger partial charge >= 0.3 is 10.7 Å². The van der Waals surface area contributed by atoms with E-state index in [9.17, 15) is 9.70 Å². The van der Waals surface area contributed by atoms with Crippen LogP contribution in [0.25, 0.3) is 15.3 Å². The summed E-state index contributed by atoms with van der Waals surface area (Å²) in [6.07, 6.45) is 0. The number of thiazole rings is 1. The van der Waals surface area contributed by atoms with E-state index in [-0.39, 0.29) is 5.69 Å². The minimum Gasteiger partial charge on any atom is -0.236 e. The van der Waals surface area contributed by atoms with E-state index in [1.807, 2.05) is 35.9 Å². The maximum Gasteiger partial charge on any atom is 0.389 e. The molecular weight excluding hydrogens is 264 g/mol. The van der Waals surface area contributed by atoms with Crippen molar-refractivity contribution >= 4 is 27.2 Å². The fourth-order valence-electron chi connectivity index (χ4n) is 2.07. The number of nitroso groups, excluding NO2 is 1. The zero-order chi connectivity index (χ0) is 13.6. The highest BCUT2D eigenvalue weighted by Gasteiger charge is 2.24. The van der Waals surface area contributed by atoms with Crippen LogP contribution in [0.1, 0.15) is 5.69 Å². The molecule has 2 heterocycles. The molecule has 7 heteroatoms. The van der Waals surface area contributed by atoms with Crippen molar-refractivity contribution in [2.75, 3.05) is 0 Å². The van der Waals surface area contributed by atoms with Gasteiger partial charge in [0, 0.05) is 0 Å². The molecule has 0 fully saturated rings. The van der Waals surface area contributed by atoms with Crippen LogP contribution in [0.15, 0.2) is 34.2 Å². The van der Waals surface area contributed by atoms with Gasteiger partial charge in [-0.2, -0.15) is 0 Å². The minimum atomic E-state index is -0.422. The van der Waals surface area contributed by atoms with Gasteiger partial charge in [-0.3, -0.25) is 0 Å². The predicted octanol–water partition coefficient (Wildman–Crippen LogP) is 1.91. The molecule has 0 amide bonds. The summed E-state index contributed by atoms with van der Waals surface area (Å²) >= 11 is 1.47. The maximum atomic E-state index is 12.1. The number of aryl methyl sites for hydroxylation is 2. The summed E-state index contributed by atoms with van der Waals surface area (Å²) < 4.78 is 4.34. The van der Waals surface area contributed by atoms with Crippen LogP contribution in [0.5, 0.6) is 0 Å². The van der Waals surface area contributed by atoms with Gasteiger partial charge < -0.3 is 0 Å². The molecule has 0 bridgehead atoms. The zero-order valence-corrected chi connectivity index (χ0v) is 11.2. The highest BCUT2D eigenvalue weighted by molar-refractivity contribution is 7.20. The fraction of sp³-hybridized carbons (Fsp3) is 0.167. The molecule has 0 aliphatic heterocycles. The zero-order valence-electron chi connectivity index (χ0n) is 10.4. The van der Waals surface area contributed by atoms with E-state index < -0.39 is 5.56 Å². The molecule has 1 aromatic carbocycles. The molecule has 6 nitrogen and oxygen atoms in total. The average Bonchev–Trinajstić information content (AvgIpc) is 2.88. The van der Waals surface area contributed by atoms with E-state index in [1.165, 1.54) is 16.0 Å². The van der Waals surface area contributed by atoms with E-state index in [2.05, 4.69) is 10.3 Å². The average molecular weight is 275 g/mol. The van der Waals surface area contributed by atoms with Crippen molar-refractivity contribution in [3.05, 3.63) is 45.2 Å². The Morgan fingerprint density at radius 3 is 2.74 bits per heavy atom. The fourth-order valence-corrected chi connectivity index (χ4v) is 3.17. The Morgan fingerprint density at radius 2 is 2.11 bits per heavy atom. The number of nitrogens with zero attached hydrogens (tertiary/aromatic N) is 3. The summed E-state index contributed by atoms with van der Waals surface area (Å²) in [7, 11) is 1.88.